The van der Waals surface area contributed by atoms with Crippen LogP contribution in [0.4, 0.5) is 23.3 Å². The molecule has 1 aliphatic heterocycles. The van der Waals surface area contributed by atoms with Gasteiger partial charge in [-0.25, -0.2) is 0 Å². The molecule has 0 saturated carbocycles. The Bertz CT molecular complexity index is 965. The van der Waals surface area contributed by atoms with Crippen LogP contribution < -0.4 is 10.6 Å². The highest BCUT2D eigenvalue weighted by Gasteiger charge is 2.17. The van der Waals surface area contributed by atoms with E-state index in [1.807, 2.05) is 24.3 Å². The number of aryl methyl sites for hydroxylation is 2. The average Bonchev–Trinajstić information content (AvgIpc) is 2.77. The van der Waals surface area contributed by atoms with Gasteiger partial charge in [-0.1, -0.05) is 47.6 Å². The summed E-state index contributed by atoms with van der Waals surface area (Å²) in [6.07, 6.45) is 3.63. The van der Waals surface area contributed by atoms with Crippen molar-refractivity contribution in [2.45, 2.75) is 38.3 Å². The minimum absolute atomic E-state index is 0.484. The zero-order valence-corrected chi connectivity index (χ0v) is 19.4. The van der Waals surface area contributed by atoms with E-state index in [1.165, 1.54) is 42.2 Å². The Balaban J connectivity index is 1.58. The second-order valence-electron chi connectivity index (χ2n) is 7.66. The summed E-state index contributed by atoms with van der Waals surface area (Å²) in [5.41, 5.74) is 4.25. The molecule has 4 rings (SSSR count). The van der Waals surface area contributed by atoms with E-state index < -0.39 is 0 Å². The van der Waals surface area contributed by atoms with Crippen LogP contribution in [0.2, 0.25) is 0 Å². The van der Waals surface area contributed by atoms with Gasteiger partial charge in [-0.2, -0.15) is 15.0 Å². The monoisotopic (exact) mass is 450 g/mol. The molecule has 0 radical (unpaired) electrons. The minimum Gasteiger partial charge on any atom is -0.357 e. The van der Waals surface area contributed by atoms with E-state index >= 15 is 0 Å². The van der Waals surface area contributed by atoms with Gasteiger partial charge in [0.1, 0.15) is 4.32 Å². The highest BCUT2D eigenvalue weighted by Crippen LogP contribution is 2.25. The number of likely N-dealkylation sites (tertiary alicyclic amines) is 1. The summed E-state index contributed by atoms with van der Waals surface area (Å²) < 4.78 is 0.813. The molecule has 1 aromatic heterocycles. The molecule has 0 spiro atoms. The van der Waals surface area contributed by atoms with Crippen LogP contribution in [0, 0.1) is 13.8 Å². The van der Waals surface area contributed by atoms with Crippen molar-refractivity contribution in [3.63, 3.8) is 0 Å². The van der Waals surface area contributed by atoms with Crippen molar-refractivity contribution in [1.82, 2.24) is 19.9 Å². The summed E-state index contributed by atoms with van der Waals surface area (Å²) in [6, 6.07) is 16.3. The third kappa shape index (κ3) is 6.15. The maximum atomic E-state index is 5.68. The average molecular weight is 451 g/mol. The van der Waals surface area contributed by atoms with Gasteiger partial charge in [0.05, 0.1) is 0 Å². The van der Waals surface area contributed by atoms with E-state index in [2.05, 4.69) is 68.6 Å². The maximum Gasteiger partial charge on any atom is 0.233 e. The van der Waals surface area contributed by atoms with Crippen molar-refractivity contribution in [3.05, 3.63) is 59.7 Å². The predicted molar refractivity (Wildman–Crippen MR) is 133 cm³/mol. The third-order valence-corrected chi connectivity index (χ3v) is 6.33. The number of thiocarbonyl (C=S) groups is 1. The molecule has 8 heteroatoms. The second-order valence-corrected chi connectivity index (χ2v) is 9.26. The molecule has 1 fully saturated rings. The van der Waals surface area contributed by atoms with Crippen molar-refractivity contribution in [2.75, 3.05) is 23.7 Å². The highest BCUT2D eigenvalue weighted by molar-refractivity contribution is 8.22. The quantitative estimate of drug-likeness (QED) is 0.371. The first-order chi connectivity index (χ1) is 15.0. The number of anilines is 4. The van der Waals surface area contributed by atoms with Crippen LogP contribution in [0.1, 0.15) is 30.4 Å². The molecule has 0 bridgehead atoms. The SMILES string of the molecule is Cc1ccc(Nc2nc(Nc3ccc(C)cc3)nc(SC(=S)N3CCCCC3)n2)cc1. The molecular weight excluding hydrogens is 424 g/mol. The number of hydrogen-bond donors (Lipinski definition) is 2. The first-order valence-corrected chi connectivity index (χ1v) is 11.7. The van der Waals surface area contributed by atoms with E-state index in [9.17, 15) is 0 Å². The standard InChI is InChI=1S/C23H26N6S2/c1-16-6-10-18(11-7-16)24-20-26-21(25-19-12-8-17(2)9-13-19)28-22(27-20)31-23(30)29-14-4-3-5-15-29/h6-13H,3-5,14-15H2,1-2H3,(H2,24,25,26,27,28). The van der Waals surface area contributed by atoms with Crippen LogP contribution in [0.5, 0.6) is 0 Å². The summed E-state index contributed by atoms with van der Waals surface area (Å²) in [4.78, 5) is 16.1. The lowest BCUT2D eigenvalue weighted by molar-refractivity contribution is 0.352. The zero-order valence-electron chi connectivity index (χ0n) is 17.8. The van der Waals surface area contributed by atoms with E-state index in [0.717, 1.165) is 28.8 Å². The van der Waals surface area contributed by atoms with Crippen LogP contribution in [0.25, 0.3) is 0 Å². The van der Waals surface area contributed by atoms with Crippen molar-refractivity contribution in [2.24, 2.45) is 0 Å². The fourth-order valence-corrected chi connectivity index (χ4v) is 4.40. The number of nitrogens with zero attached hydrogens (tertiary/aromatic N) is 4. The molecule has 3 aromatic rings. The smallest absolute Gasteiger partial charge is 0.233 e. The largest absolute Gasteiger partial charge is 0.357 e. The highest BCUT2D eigenvalue weighted by atomic mass is 32.2. The molecule has 160 valence electrons. The summed E-state index contributed by atoms with van der Waals surface area (Å²) in [7, 11) is 0. The van der Waals surface area contributed by atoms with Crippen molar-refractivity contribution < 1.29 is 0 Å². The van der Waals surface area contributed by atoms with Gasteiger partial charge in [0.15, 0.2) is 0 Å². The first kappa shape index (κ1) is 21.5. The number of benzene rings is 2. The number of nitrogens with one attached hydrogen (secondary N) is 2. The zero-order chi connectivity index (χ0) is 21.6. The number of aromatic nitrogens is 3. The van der Waals surface area contributed by atoms with Gasteiger partial charge in [0, 0.05) is 24.5 Å². The van der Waals surface area contributed by atoms with Gasteiger partial charge in [0.25, 0.3) is 0 Å². The van der Waals surface area contributed by atoms with E-state index in [0.29, 0.717) is 17.1 Å². The summed E-state index contributed by atoms with van der Waals surface area (Å²) in [5.74, 6) is 0.967. The van der Waals surface area contributed by atoms with Gasteiger partial charge in [-0.3, -0.25) is 0 Å². The molecule has 1 aliphatic rings. The number of rotatable bonds is 5. The van der Waals surface area contributed by atoms with Gasteiger partial charge in [0.2, 0.25) is 17.1 Å². The molecule has 0 atom stereocenters. The Morgan fingerprint density at radius 1 is 0.774 bits per heavy atom. The van der Waals surface area contributed by atoms with Gasteiger partial charge < -0.3 is 15.5 Å². The van der Waals surface area contributed by atoms with Crippen LogP contribution in [-0.4, -0.2) is 37.3 Å². The molecule has 1 saturated heterocycles. The van der Waals surface area contributed by atoms with E-state index in [4.69, 9.17) is 12.2 Å². The maximum absolute atomic E-state index is 5.68. The second kappa shape index (κ2) is 10.1. The Morgan fingerprint density at radius 2 is 1.26 bits per heavy atom. The third-order valence-electron chi connectivity index (χ3n) is 5.02. The molecule has 0 unspecified atom stereocenters. The van der Waals surface area contributed by atoms with E-state index in [-0.39, 0.29) is 0 Å². The lowest BCUT2D eigenvalue weighted by Gasteiger charge is -2.28. The molecule has 0 amide bonds. The van der Waals surface area contributed by atoms with Crippen LogP contribution >= 0.6 is 24.0 Å². The van der Waals surface area contributed by atoms with Crippen LogP contribution in [-0.2, 0) is 0 Å². The Labute approximate surface area is 192 Å². The normalized spacial score (nSPS) is 13.7. The minimum atomic E-state index is 0.484. The molecule has 31 heavy (non-hydrogen) atoms. The summed E-state index contributed by atoms with van der Waals surface area (Å²) >= 11 is 7.10. The lowest BCUT2D eigenvalue weighted by atomic mass is 10.1. The van der Waals surface area contributed by atoms with Gasteiger partial charge >= 0.3 is 0 Å². The van der Waals surface area contributed by atoms with Crippen molar-refractivity contribution in [1.29, 1.82) is 0 Å². The van der Waals surface area contributed by atoms with Crippen molar-refractivity contribution in [3.8, 4) is 0 Å². The Hall–Kier alpha value is -2.71. The molecule has 2 N–H and O–H groups in total. The summed E-state index contributed by atoms with van der Waals surface area (Å²) in [5, 5.41) is 7.15. The number of thioether (sulfide) groups is 1. The lowest BCUT2D eigenvalue weighted by Crippen LogP contribution is -2.32. The predicted octanol–water partition coefficient (Wildman–Crippen LogP) is 5.84. The Kier molecular flexibility index (Phi) is 6.99. The number of hydrogen-bond acceptors (Lipinski definition) is 7. The topological polar surface area (TPSA) is 66.0 Å². The summed E-state index contributed by atoms with van der Waals surface area (Å²) in [6.45, 7) is 6.12. The Morgan fingerprint density at radius 3 is 1.74 bits per heavy atom. The fraction of sp³-hybridized carbons (Fsp3) is 0.304. The van der Waals surface area contributed by atoms with Crippen LogP contribution in [0.3, 0.4) is 0 Å². The molecule has 0 aliphatic carbocycles. The van der Waals surface area contributed by atoms with E-state index in [1.54, 1.807) is 0 Å². The van der Waals surface area contributed by atoms with Crippen molar-refractivity contribution >= 4 is 51.6 Å². The molecule has 6 nitrogen and oxygen atoms in total. The molecular formula is C23H26N6S2. The fourth-order valence-electron chi connectivity index (χ4n) is 3.27. The number of piperidine rings is 1. The van der Waals surface area contributed by atoms with Gasteiger partial charge in [-0.15, -0.1) is 0 Å². The van der Waals surface area contributed by atoms with Crippen LogP contribution in [0.15, 0.2) is 53.7 Å². The first-order valence-electron chi connectivity index (χ1n) is 10.5. The molecule has 2 heterocycles. The molecule has 2 aromatic carbocycles. The van der Waals surface area contributed by atoms with Gasteiger partial charge in [-0.05, 0) is 69.1 Å².